The third kappa shape index (κ3) is 4.77. The molecule has 1 aliphatic heterocycles. The Kier molecular flexibility index (Phi) is 5.64. The largest absolute Gasteiger partial charge is 0.392 e. The summed E-state index contributed by atoms with van der Waals surface area (Å²) in [5, 5.41) is 10.3. The third-order valence-electron chi connectivity index (χ3n) is 4.71. The minimum atomic E-state index is -0.239. The van der Waals surface area contributed by atoms with Gasteiger partial charge in [0.05, 0.1) is 6.10 Å². The van der Waals surface area contributed by atoms with Gasteiger partial charge in [0.1, 0.15) is 0 Å². The third-order valence-corrected chi connectivity index (χ3v) is 4.71. The van der Waals surface area contributed by atoms with Crippen molar-refractivity contribution < 1.29 is 9.90 Å². The van der Waals surface area contributed by atoms with Crippen LogP contribution in [-0.4, -0.2) is 41.1 Å². The molecule has 1 saturated heterocycles. The number of hydrogen-bond donors (Lipinski definition) is 2. The Morgan fingerprint density at radius 2 is 1.89 bits per heavy atom. The van der Waals surface area contributed by atoms with Gasteiger partial charge in [0.2, 0.25) is 5.91 Å². The maximum atomic E-state index is 11.1. The fourth-order valence-corrected chi connectivity index (χ4v) is 3.74. The molecule has 1 amide bonds. The Hall–Kier alpha value is -0.610. The van der Waals surface area contributed by atoms with Crippen LogP contribution in [0.5, 0.6) is 0 Å². The van der Waals surface area contributed by atoms with Gasteiger partial charge in [-0.25, -0.2) is 0 Å². The van der Waals surface area contributed by atoms with Gasteiger partial charge < -0.3 is 10.8 Å². The normalized spacial score (nSPS) is 27.5. The molecule has 1 heterocycles. The highest BCUT2D eigenvalue weighted by molar-refractivity contribution is 5.74. The molecule has 1 saturated carbocycles. The van der Waals surface area contributed by atoms with Crippen LogP contribution in [0.25, 0.3) is 0 Å². The van der Waals surface area contributed by atoms with Crippen molar-refractivity contribution in [3.05, 3.63) is 0 Å². The Bertz CT molecular complexity index is 290. The zero-order valence-electron chi connectivity index (χ0n) is 11.9. The molecule has 0 spiro atoms. The summed E-state index contributed by atoms with van der Waals surface area (Å²) < 4.78 is 0. The predicted molar refractivity (Wildman–Crippen MR) is 75.6 cm³/mol. The first-order chi connectivity index (χ1) is 9.15. The molecular weight excluding hydrogens is 240 g/mol. The molecule has 2 rings (SSSR count). The highest BCUT2D eigenvalue weighted by Crippen LogP contribution is 2.29. The summed E-state index contributed by atoms with van der Waals surface area (Å²) in [6, 6.07) is 0.254. The molecule has 1 aliphatic carbocycles. The lowest BCUT2D eigenvalue weighted by Crippen LogP contribution is -2.45. The lowest BCUT2D eigenvalue weighted by Gasteiger charge is -2.36. The number of amides is 1. The Morgan fingerprint density at radius 1 is 1.21 bits per heavy atom. The van der Waals surface area contributed by atoms with Crippen molar-refractivity contribution in [2.45, 2.75) is 69.9 Å². The fourth-order valence-electron chi connectivity index (χ4n) is 3.74. The lowest BCUT2D eigenvalue weighted by atomic mass is 9.96. The van der Waals surface area contributed by atoms with Crippen molar-refractivity contribution in [1.82, 2.24) is 4.90 Å². The van der Waals surface area contributed by atoms with E-state index < -0.39 is 0 Å². The number of primary amides is 1. The zero-order valence-corrected chi connectivity index (χ0v) is 11.9. The van der Waals surface area contributed by atoms with E-state index in [1.807, 2.05) is 0 Å². The highest BCUT2D eigenvalue weighted by atomic mass is 16.3. The molecule has 2 aliphatic rings. The summed E-state index contributed by atoms with van der Waals surface area (Å²) in [5.41, 5.74) is 5.32. The van der Waals surface area contributed by atoms with E-state index in [9.17, 15) is 9.90 Å². The summed E-state index contributed by atoms with van der Waals surface area (Å²) >= 11 is 0. The molecule has 0 bridgehead atoms. The van der Waals surface area contributed by atoms with E-state index in [1.54, 1.807) is 0 Å². The van der Waals surface area contributed by atoms with Crippen molar-refractivity contribution in [2.75, 3.05) is 13.1 Å². The Balaban J connectivity index is 1.78. The summed E-state index contributed by atoms with van der Waals surface area (Å²) in [5.74, 6) is 0.497. The van der Waals surface area contributed by atoms with Crippen molar-refractivity contribution >= 4 is 5.91 Å². The lowest BCUT2D eigenvalue weighted by molar-refractivity contribution is -0.119. The van der Waals surface area contributed by atoms with E-state index in [1.165, 1.54) is 38.5 Å². The molecule has 3 N–H and O–H groups in total. The van der Waals surface area contributed by atoms with Gasteiger partial charge >= 0.3 is 0 Å². The van der Waals surface area contributed by atoms with Crippen LogP contribution in [0.4, 0.5) is 0 Å². The summed E-state index contributed by atoms with van der Waals surface area (Å²) in [4.78, 5) is 13.4. The predicted octanol–water partition coefficient (Wildman–Crippen LogP) is 1.66. The van der Waals surface area contributed by atoms with Crippen molar-refractivity contribution in [2.24, 2.45) is 11.7 Å². The highest BCUT2D eigenvalue weighted by Gasteiger charge is 2.27. The molecule has 2 unspecified atom stereocenters. The quantitative estimate of drug-likeness (QED) is 0.770. The number of carbonyl (C=O) groups excluding carboxylic acids is 1. The smallest absolute Gasteiger partial charge is 0.218 e. The van der Waals surface area contributed by atoms with Crippen molar-refractivity contribution in [3.63, 3.8) is 0 Å². The van der Waals surface area contributed by atoms with Crippen LogP contribution in [0.3, 0.4) is 0 Å². The first kappa shape index (κ1) is 14.8. The molecule has 0 aromatic heterocycles. The number of nitrogens with zero attached hydrogens (tertiary/aromatic N) is 1. The number of nitrogens with two attached hydrogens (primary N) is 1. The molecule has 0 aromatic rings. The van der Waals surface area contributed by atoms with Gasteiger partial charge in [0, 0.05) is 19.0 Å². The summed E-state index contributed by atoms with van der Waals surface area (Å²) in [6.45, 7) is 1.72. The molecular formula is C15H28N2O2. The van der Waals surface area contributed by atoms with Crippen LogP contribution in [0.2, 0.25) is 0 Å². The van der Waals surface area contributed by atoms with Gasteiger partial charge in [-0.05, 0) is 31.7 Å². The van der Waals surface area contributed by atoms with E-state index in [2.05, 4.69) is 4.90 Å². The van der Waals surface area contributed by atoms with Crippen LogP contribution < -0.4 is 5.73 Å². The van der Waals surface area contributed by atoms with Gasteiger partial charge in [0.15, 0.2) is 0 Å². The van der Waals surface area contributed by atoms with Crippen LogP contribution in [0.15, 0.2) is 0 Å². The molecule has 19 heavy (non-hydrogen) atoms. The van der Waals surface area contributed by atoms with Gasteiger partial charge in [-0.1, -0.05) is 32.1 Å². The second kappa shape index (κ2) is 7.25. The van der Waals surface area contributed by atoms with Crippen LogP contribution >= 0.6 is 0 Å². The van der Waals surface area contributed by atoms with Gasteiger partial charge in [-0.3, -0.25) is 9.69 Å². The minimum Gasteiger partial charge on any atom is -0.392 e. The first-order valence-electron chi connectivity index (χ1n) is 7.85. The van der Waals surface area contributed by atoms with Crippen LogP contribution in [-0.2, 0) is 4.79 Å². The SMILES string of the molecule is NC(=O)CC1CCCCN1CC(O)CC1CCCC1. The van der Waals surface area contributed by atoms with Crippen LogP contribution in [0, 0.1) is 5.92 Å². The van der Waals surface area contributed by atoms with Gasteiger partial charge in [-0.15, -0.1) is 0 Å². The molecule has 4 nitrogen and oxygen atoms in total. The first-order valence-corrected chi connectivity index (χ1v) is 7.85. The number of aliphatic hydroxyl groups excluding tert-OH is 1. The molecule has 2 atom stereocenters. The second-order valence-electron chi connectivity index (χ2n) is 6.35. The average Bonchev–Trinajstić information content (AvgIpc) is 2.83. The maximum absolute atomic E-state index is 11.1. The van der Waals surface area contributed by atoms with E-state index in [4.69, 9.17) is 5.73 Å². The second-order valence-corrected chi connectivity index (χ2v) is 6.35. The summed E-state index contributed by atoms with van der Waals surface area (Å²) in [7, 11) is 0. The fraction of sp³-hybridized carbons (Fsp3) is 0.933. The topological polar surface area (TPSA) is 66.6 Å². The minimum absolute atomic E-state index is 0.220. The maximum Gasteiger partial charge on any atom is 0.218 e. The standard InChI is InChI=1S/C15H28N2O2/c16-15(19)10-13-7-3-4-8-17(13)11-14(18)9-12-5-1-2-6-12/h12-14,18H,1-11H2,(H2,16,19). The number of hydrogen-bond acceptors (Lipinski definition) is 3. The van der Waals surface area contributed by atoms with Crippen molar-refractivity contribution in [3.8, 4) is 0 Å². The molecule has 0 aromatic carbocycles. The van der Waals surface area contributed by atoms with Crippen LogP contribution in [0.1, 0.15) is 57.8 Å². The number of aliphatic hydroxyl groups is 1. The van der Waals surface area contributed by atoms with E-state index in [0.29, 0.717) is 13.0 Å². The van der Waals surface area contributed by atoms with Gasteiger partial charge in [-0.2, -0.15) is 0 Å². The number of likely N-dealkylation sites (tertiary alicyclic amines) is 1. The van der Waals surface area contributed by atoms with E-state index in [0.717, 1.165) is 25.3 Å². The Morgan fingerprint density at radius 3 is 2.58 bits per heavy atom. The van der Waals surface area contributed by atoms with Gasteiger partial charge in [0.25, 0.3) is 0 Å². The average molecular weight is 268 g/mol. The number of β-amino-alcohol motifs (C(OH)–C–C–N with tert-alkyl or cyclic N) is 1. The number of rotatable bonds is 6. The number of piperidine rings is 1. The molecule has 2 fully saturated rings. The monoisotopic (exact) mass is 268 g/mol. The van der Waals surface area contributed by atoms with Crippen molar-refractivity contribution in [1.29, 1.82) is 0 Å². The zero-order chi connectivity index (χ0) is 13.7. The van der Waals surface area contributed by atoms with E-state index >= 15 is 0 Å². The summed E-state index contributed by atoms with van der Waals surface area (Å²) in [6.07, 6.45) is 9.73. The Labute approximate surface area is 116 Å². The molecule has 0 radical (unpaired) electrons. The molecule has 4 heteroatoms. The number of carbonyl (C=O) groups is 1. The van der Waals surface area contributed by atoms with E-state index in [-0.39, 0.29) is 18.1 Å². The molecule has 110 valence electrons.